The highest BCUT2D eigenvalue weighted by atomic mass is 16.5. The van der Waals surface area contributed by atoms with Crippen molar-refractivity contribution in [3.63, 3.8) is 0 Å². The number of ether oxygens (including phenoxy) is 1. The van der Waals surface area contributed by atoms with E-state index in [-0.39, 0.29) is 0 Å². The van der Waals surface area contributed by atoms with Gasteiger partial charge in [-0.1, -0.05) is 38.0 Å². The molecule has 0 aliphatic carbocycles. The zero-order chi connectivity index (χ0) is 10.5. The van der Waals surface area contributed by atoms with Crippen molar-refractivity contribution in [2.45, 2.75) is 32.6 Å². The first-order valence-corrected chi connectivity index (χ1v) is 5.81. The lowest BCUT2D eigenvalue weighted by molar-refractivity contribution is 0.341. The van der Waals surface area contributed by atoms with Crippen molar-refractivity contribution in [1.82, 2.24) is 0 Å². The molecule has 1 aromatic rings. The summed E-state index contributed by atoms with van der Waals surface area (Å²) in [7, 11) is 0. The van der Waals surface area contributed by atoms with Crippen molar-refractivity contribution in [2.75, 3.05) is 6.61 Å². The van der Waals surface area contributed by atoms with Crippen LogP contribution in [0.3, 0.4) is 0 Å². The minimum Gasteiger partial charge on any atom is -0.489 e. The molecule has 1 aromatic carbocycles. The zero-order valence-electron chi connectivity index (χ0n) is 9.33. The molecule has 0 saturated carbocycles. The van der Waals surface area contributed by atoms with Gasteiger partial charge in [-0.25, -0.2) is 0 Å². The monoisotopic (exact) mass is 202 g/mol. The van der Waals surface area contributed by atoms with Gasteiger partial charge in [0.1, 0.15) is 12.4 Å². The summed E-state index contributed by atoms with van der Waals surface area (Å²) in [6.07, 6.45) is 7.36. The fraction of sp³-hybridized carbons (Fsp3) is 0.429. The third-order valence-corrected chi connectivity index (χ3v) is 2.79. The molecule has 0 bridgehead atoms. The standard InChI is InChI=1S/C14H18O/c1-2-3-4-7-12-10-13-8-5-6-9-14(13)15-11-12/h5-6,8-10H,2-4,7,11H2,1H3. The first-order chi connectivity index (χ1) is 7.40. The molecule has 0 N–H and O–H groups in total. The molecular formula is C14H18O. The fourth-order valence-corrected chi connectivity index (χ4v) is 1.91. The molecule has 0 unspecified atom stereocenters. The normalized spacial score (nSPS) is 14.1. The molecule has 80 valence electrons. The molecule has 0 atom stereocenters. The summed E-state index contributed by atoms with van der Waals surface area (Å²) in [5, 5.41) is 0. The number of fused-ring (bicyclic) bond motifs is 1. The van der Waals surface area contributed by atoms with Crippen molar-refractivity contribution in [3.8, 4) is 5.75 Å². The fourth-order valence-electron chi connectivity index (χ4n) is 1.91. The van der Waals surface area contributed by atoms with Crippen LogP contribution >= 0.6 is 0 Å². The smallest absolute Gasteiger partial charge is 0.127 e. The topological polar surface area (TPSA) is 9.23 Å². The van der Waals surface area contributed by atoms with Gasteiger partial charge in [0, 0.05) is 5.56 Å². The zero-order valence-corrected chi connectivity index (χ0v) is 9.33. The van der Waals surface area contributed by atoms with Gasteiger partial charge in [0.05, 0.1) is 0 Å². The quantitative estimate of drug-likeness (QED) is 0.669. The summed E-state index contributed by atoms with van der Waals surface area (Å²) in [5.41, 5.74) is 2.66. The van der Waals surface area contributed by atoms with Gasteiger partial charge in [-0.05, 0) is 30.6 Å². The van der Waals surface area contributed by atoms with E-state index in [1.807, 2.05) is 12.1 Å². The maximum atomic E-state index is 5.70. The lowest BCUT2D eigenvalue weighted by Crippen LogP contribution is -2.07. The molecule has 0 saturated heterocycles. The third-order valence-electron chi connectivity index (χ3n) is 2.79. The Labute approximate surface area is 91.8 Å². The van der Waals surface area contributed by atoms with Gasteiger partial charge >= 0.3 is 0 Å². The molecule has 1 nitrogen and oxygen atoms in total. The molecule has 1 heteroatoms. The van der Waals surface area contributed by atoms with Gasteiger partial charge in [0.2, 0.25) is 0 Å². The van der Waals surface area contributed by atoms with Crippen LogP contribution < -0.4 is 4.74 Å². The Balaban J connectivity index is 2.02. The van der Waals surface area contributed by atoms with E-state index < -0.39 is 0 Å². The summed E-state index contributed by atoms with van der Waals surface area (Å²) in [4.78, 5) is 0. The highest BCUT2D eigenvalue weighted by Crippen LogP contribution is 2.27. The molecule has 15 heavy (non-hydrogen) atoms. The predicted molar refractivity (Wildman–Crippen MR) is 64.1 cm³/mol. The lowest BCUT2D eigenvalue weighted by Gasteiger charge is -2.17. The Morgan fingerprint density at radius 1 is 1.20 bits per heavy atom. The second-order valence-corrected chi connectivity index (χ2v) is 4.09. The predicted octanol–water partition coefficient (Wildman–Crippen LogP) is 4.04. The molecule has 0 aromatic heterocycles. The van der Waals surface area contributed by atoms with Crippen LogP contribution in [0.15, 0.2) is 29.8 Å². The number of hydrogen-bond acceptors (Lipinski definition) is 1. The van der Waals surface area contributed by atoms with Crippen molar-refractivity contribution in [2.24, 2.45) is 0 Å². The van der Waals surface area contributed by atoms with E-state index in [1.165, 1.54) is 36.8 Å². The Morgan fingerprint density at radius 3 is 2.93 bits per heavy atom. The number of benzene rings is 1. The molecule has 1 heterocycles. The Kier molecular flexibility index (Phi) is 3.44. The van der Waals surface area contributed by atoms with E-state index >= 15 is 0 Å². The van der Waals surface area contributed by atoms with Gasteiger partial charge in [-0.3, -0.25) is 0 Å². The van der Waals surface area contributed by atoms with Crippen LogP contribution in [0.5, 0.6) is 5.75 Å². The molecular weight excluding hydrogens is 184 g/mol. The molecule has 2 rings (SSSR count). The lowest BCUT2D eigenvalue weighted by atomic mass is 10.0. The van der Waals surface area contributed by atoms with E-state index in [2.05, 4.69) is 25.1 Å². The second kappa shape index (κ2) is 5.01. The third kappa shape index (κ3) is 2.62. The van der Waals surface area contributed by atoms with Crippen molar-refractivity contribution >= 4 is 6.08 Å². The van der Waals surface area contributed by atoms with Crippen LogP contribution in [-0.2, 0) is 0 Å². The Bertz CT molecular complexity index is 352. The van der Waals surface area contributed by atoms with Gasteiger partial charge in [-0.2, -0.15) is 0 Å². The summed E-state index contributed by atoms with van der Waals surface area (Å²) in [6, 6.07) is 8.24. The molecule has 0 fully saturated rings. The SMILES string of the molecule is CCCCCC1=Cc2ccccc2OC1. The van der Waals surface area contributed by atoms with Gasteiger partial charge in [-0.15, -0.1) is 0 Å². The van der Waals surface area contributed by atoms with Crippen LogP contribution in [0.25, 0.3) is 6.08 Å². The molecule has 0 spiro atoms. The number of para-hydroxylation sites is 1. The average Bonchev–Trinajstić information content (AvgIpc) is 2.29. The van der Waals surface area contributed by atoms with E-state index in [9.17, 15) is 0 Å². The molecule has 1 aliphatic rings. The average molecular weight is 202 g/mol. The van der Waals surface area contributed by atoms with Crippen LogP contribution in [0, 0.1) is 0 Å². The van der Waals surface area contributed by atoms with Crippen molar-refractivity contribution in [3.05, 3.63) is 35.4 Å². The van der Waals surface area contributed by atoms with E-state index in [4.69, 9.17) is 4.74 Å². The molecule has 0 radical (unpaired) electrons. The molecule has 1 aliphatic heterocycles. The highest BCUT2D eigenvalue weighted by Gasteiger charge is 2.09. The van der Waals surface area contributed by atoms with Gasteiger partial charge in [0.15, 0.2) is 0 Å². The maximum Gasteiger partial charge on any atom is 0.127 e. The van der Waals surface area contributed by atoms with Crippen molar-refractivity contribution < 1.29 is 4.74 Å². The minimum atomic E-state index is 0.778. The van der Waals surface area contributed by atoms with Crippen LogP contribution in [0.4, 0.5) is 0 Å². The first-order valence-electron chi connectivity index (χ1n) is 5.81. The Hall–Kier alpha value is -1.24. The first kappa shape index (κ1) is 10.3. The van der Waals surface area contributed by atoms with Crippen LogP contribution in [0.2, 0.25) is 0 Å². The minimum absolute atomic E-state index is 0.778. The summed E-state index contributed by atoms with van der Waals surface area (Å²) < 4.78 is 5.70. The van der Waals surface area contributed by atoms with Crippen LogP contribution in [0.1, 0.15) is 38.2 Å². The van der Waals surface area contributed by atoms with E-state index in [1.54, 1.807) is 0 Å². The largest absolute Gasteiger partial charge is 0.489 e. The number of unbranched alkanes of at least 4 members (excludes halogenated alkanes) is 2. The van der Waals surface area contributed by atoms with Gasteiger partial charge in [0.25, 0.3) is 0 Å². The summed E-state index contributed by atoms with van der Waals surface area (Å²) in [5.74, 6) is 1.02. The number of hydrogen-bond donors (Lipinski definition) is 0. The van der Waals surface area contributed by atoms with Crippen molar-refractivity contribution in [1.29, 1.82) is 0 Å². The molecule has 0 amide bonds. The van der Waals surface area contributed by atoms with Crippen LogP contribution in [-0.4, -0.2) is 6.61 Å². The number of rotatable bonds is 4. The maximum absolute atomic E-state index is 5.70. The van der Waals surface area contributed by atoms with E-state index in [0.29, 0.717) is 0 Å². The van der Waals surface area contributed by atoms with Gasteiger partial charge < -0.3 is 4.74 Å². The van der Waals surface area contributed by atoms with E-state index in [0.717, 1.165) is 12.4 Å². The highest BCUT2D eigenvalue weighted by molar-refractivity contribution is 5.61. The Morgan fingerprint density at radius 2 is 2.07 bits per heavy atom. The second-order valence-electron chi connectivity index (χ2n) is 4.09. The summed E-state index contributed by atoms with van der Waals surface area (Å²) >= 11 is 0. The summed E-state index contributed by atoms with van der Waals surface area (Å²) in [6.45, 7) is 3.02.